The minimum absolute atomic E-state index is 0.0366. The van der Waals surface area contributed by atoms with E-state index in [1.807, 2.05) is 24.3 Å². The van der Waals surface area contributed by atoms with Gasteiger partial charge in [-0.3, -0.25) is 4.79 Å². The van der Waals surface area contributed by atoms with Crippen LogP contribution in [0.15, 0.2) is 35.6 Å². The van der Waals surface area contributed by atoms with Gasteiger partial charge in [-0.25, -0.2) is 15.0 Å². The van der Waals surface area contributed by atoms with E-state index in [4.69, 9.17) is 0 Å². The number of amides is 1. The standard InChI is InChI=1S/C21H23N5OS2/c1-11(2)18(19-24-14-7-5-6-8-15(14)25-19)26-16(27)9-28-20-17-12(3)13(4)29-21(17)23-10-22-20/h5-8,10-11,18H,9H2,1-4H3,(H,24,25)(H,26,27). The maximum absolute atomic E-state index is 12.7. The van der Waals surface area contributed by atoms with Gasteiger partial charge in [-0.15, -0.1) is 11.3 Å². The maximum Gasteiger partial charge on any atom is 0.231 e. The fourth-order valence-corrected chi connectivity index (χ4v) is 5.21. The van der Waals surface area contributed by atoms with Crippen LogP contribution in [-0.2, 0) is 4.79 Å². The SMILES string of the molecule is Cc1sc2ncnc(SCC(=O)NC(c3nc4ccccc4[nH]3)C(C)C)c2c1C. The summed E-state index contributed by atoms with van der Waals surface area (Å²) >= 11 is 3.12. The first-order chi connectivity index (χ1) is 13.9. The Balaban J connectivity index is 1.49. The molecule has 1 aromatic carbocycles. The number of aromatic amines is 1. The van der Waals surface area contributed by atoms with Crippen LogP contribution >= 0.6 is 23.1 Å². The summed E-state index contributed by atoms with van der Waals surface area (Å²) in [6.45, 7) is 8.33. The normalized spacial score (nSPS) is 12.7. The van der Waals surface area contributed by atoms with Crippen molar-refractivity contribution in [3.8, 4) is 0 Å². The van der Waals surface area contributed by atoms with E-state index >= 15 is 0 Å². The van der Waals surface area contributed by atoms with E-state index < -0.39 is 0 Å². The molecule has 0 spiro atoms. The van der Waals surface area contributed by atoms with Crippen molar-refractivity contribution >= 4 is 50.3 Å². The summed E-state index contributed by atoms with van der Waals surface area (Å²) in [6.07, 6.45) is 1.57. The lowest BCUT2D eigenvalue weighted by Gasteiger charge is -2.20. The first-order valence-electron chi connectivity index (χ1n) is 9.51. The number of carbonyl (C=O) groups is 1. The Morgan fingerprint density at radius 2 is 2.03 bits per heavy atom. The molecule has 3 aromatic heterocycles. The van der Waals surface area contributed by atoms with Gasteiger partial charge in [0.25, 0.3) is 0 Å². The van der Waals surface area contributed by atoms with Gasteiger partial charge in [0.15, 0.2) is 0 Å². The minimum atomic E-state index is -0.175. The molecule has 1 atom stereocenters. The first kappa shape index (κ1) is 19.8. The van der Waals surface area contributed by atoms with Crippen molar-refractivity contribution in [1.82, 2.24) is 25.3 Å². The molecule has 0 saturated heterocycles. The zero-order valence-corrected chi connectivity index (χ0v) is 18.4. The van der Waals surface area contributed by atoms with Crippen molar-refractivity contribution < 1.29 is 4.79 Å². The molecule has 0 aliphatic rings. The van der Waals surface area contributed by atoms with Crippen molar-refractivity contribution in [2.24, 2.45) is 5.92 Å². The molecule has 4 aromatic rings. The Kier molecular flexibility index (Phi) is 5.56. The van der Waals surface area contributed by atoms with E-state index in [0.29, 0.717) is 5.75 Å². The van der Waals surface area contributed by atoms with E-state index in [2.05, 4.69) is 52.9 Å². The summed E-state index contributed by atoms with van der Waals surface area (Å²) in [4.78, 5) is 31.7. The monoisotopic (exact) mass is 425 g/mol. The van der Waals surface area contributed by atoms with E-state index in [-0.39, 0.29) is 17.9 Å². The van der Waals surface area contributed by atoms with Gasteiger partial charge in [-0.2, -0.15) is 0 Å². The number of carbonyl (C=O) groups excluding carboxylic acids is 1. The Morgan fingerprint density at radius 1 is 1.24 bits per heavy atom. The third-order valence-electron chi connectivity index (χ3n) is 4.96. The van der Waals surface area contributed by atoms with E-state index in [1.54, 1.807) is 17.7 Å². The van der Waals surface area contributed by atoms with Gasteiger partial charge in [-0.05, 0) is 37.5 Å². The smallest absolute Gasteiger partial charge is 0.231 e. The lowest BCUT2D eigenvalue weighted by atomic mass is 10.0. The second kappa shape index (κ2) is 8.12. The summed E-state index contributed by atoms with van der Waals surface area (Å²) in [7, 11) is 0. The molecule has 150 valence electrons. The number of H-pyrrole nitrogens is 1. The molecular formula is C21H23N5OS2. The molecule has 4 rings (SSSR count). The van der Waals surface area contributed by atoms with Crippen LogP contribution in [-0.4, -0.2) is 31.6 Å². The summed E-state index contributed by atoms with van der Waals surface area (Å²) in [5.74, 6) is 1.25. The molecule has 0 saturated carbocycles. The van der Waals surface area contributed by atoms with Crippen LogP contribution < -0.4 is 5.32 Å². The van der Waals surface area contributed by atoms with E-state index in [0.717, 1.165) is 32.1 Å². The number of rotatable bonds is 6. The van der Waals surface area contributed by atoms with Crippen molar-refractivity contribution in [1.29, 1.82) is 0 Å². The Hall–Kier alpha value is -2.45. The zero-order chi connectivity index (χ0) is 20.5. The number of aromatic nitrogens is 4. The van der Waals surface area contributed by atoms with Gasteiger partial charge in [-0.1, -0.05) is 37.7 Å². The zero-order valence-electron chi connectivity index (χ0n) is 16.8. The predicted molar refractivity (Wildman–Crippen MR) is 119 cm³/mol. The summed E-state index contributed by atoms with van der Waals surface area (Å²) in [6, 6.07) is 7.72. The molecule has 29 heavy (non-hydrogen) atoms. The number of nitrogens with zero attached hydrogens (tertiary/aromatic N) is 3. The average molecular weight is 426 g/mol. The second-order valence-corrected chi connectivity index (χ2v) is 9.53. The lowest BCUT2D eigenvalue weighted by Crippen LogP contribution is -2.33. The quantitative estimate of drug-likeness (QED) is 0.343. The third kappa shape index (κ3) is 4.00. The summed E-state index contributed by atoms with van der Waals surface area (Å²) in [5, 5.41) is 5.06. The first-order valence-corrected chi connectivity index (χ1v) is 11.3. The van der Waals surface area contributed by atoms with Crippen molar-refractivity contribution in [3.63, 3.8) is 0 Å². The van der Waals surface area contributed by atoms with Gasteiger partial charge in [0, 0.05) is 10.3 Å². The van der Waals surface area contributed by atoms with Crippen LogP contribution in [0, 0.1) is 19.8 Å². The predicted octanol–water partition coefficient (Wildman–Crippen LogP) is 4.79. The van der Waals surface area contributed by atoms with Crippen LogP contribution in [0.2, 0.25) is 0 Å². The number of hydrogen-bond acceptors (Lipinski definition) is 6. The number of thiophene rings is 1. The van der Waals surface area contributed by atoms with Gasteiger partial charge in [0.1, 0.15) is 22.0 Å². The highest BCUT2D eigenvalue weighted by atomic mass is 32.2. The Morgan fingerprint density at radius 3 is 2.79 bits per heavy atom. The fraction of sp³-hybridized carbons (Fsp3) is 0.333. The highest BCUT2D eigenvalue weighted by Crippen LogP contribution is 2.34. The van der Waals surface area contributed by atoms with Crippen molar-refractivity contribution in [3.05, 3.63) is 46.9 Å². The number of thioether (sulfide) groups is 1. The topological polar surface area (TPSA) is 83.6 Å². The molecule has 0 aliphatic carbocycles. The second-order valence-electron chi connectivity index (χ2n) is 7.36. The van der Waals surface area contributed by atoms with Crippen molar-refractivity contribution in [2.75, 3.05) is 5.75 Å². The largest absolute Gasteiger partial charge is 0.345 e. The molecule has 6 nitrogen and oxygen atoms in total. The van der Waals surface area contributed by atoms with Crippen molar-refractivity contribution in [2.45, 2.75) is 38.8 Å². The summed E-state index contributed by atoms with van der Waals surface area (Å²) < 4.78 is 0. The van der Waals surface area contributed by atoms with E-state index in [9.17, 15) is 4.79 Å². The molecule has 0 bridgehead atoms. The number of nitrogens with one attached hydrogen (secondary N) is 2. The fourth-order valence-electron chi connectivity index (χ4n) is 3.28. The van der Waals surface area contributed by atoms with Crippen LogP contribution in [0.5, 0.6) is 0 Å². The number of imidazole rings is 1. The Bertz CT molecular complexity index is 1150. The highest BCUT2D eigenvalue weighted by Gasteiger charge is 2.22. The van der Waals surface area contributed by atoms with Crippen LogP contribution in [0.25, 0.3) is 21.3 Å². The molecule has 2 N–H and O–H groups in total. The van der Waals surface area contributed by atoms with Crippen LogP contribution in [0.3, 0.4) is 0 Å². The van der Waals surface area contributed by atoms with Crippen LogP contribution in [0.4, 0.5) is 0 Å². The number of aryl methyl sites for hydroxylation is 2. The lowest BCUT2D eigenvalue weighted by molar-refractivity contribution is -0.119. The number of fused-ring (bicyclic) bond motifs is 2. The summed E-state index contributed by atoms with van der Waals surface area (Å²) in [5.41, 5.74) is 3.07. The molecule has 0 radical (unpaired) electrons. The molecule has 0 aliphatic heterocycles. The third-order valence-corrected chi connectivity index (χ3v) is 7.06. The minimum Gasteiger partial charge on any atom is -0.345 e. The van der Waals surface area contributed by atoms with Gasteiger partial charge < -0.3 is 10.3 Å². The molecule has 3 heterocycles. The van der Waals surface area contributed by atoms with Gasteiger partial charge in [0.05, 0.1) is 22.8 Å². The van der Waals surface area contributed by atoms with Gasteiger partial charge >= 0.3 is 0 Å². The van der Waals surface area contributed by atoms with Gasteiger partial charge in [0.2, 0.25) is 5.91 Å². The maximum atomic E-state index is 12.7. The average Bonchev–Trinajstić information content (AvgIpc) is 3.25. The van der Waals surface area contributed by atoms with Crippen LogP contribution in [0.1, 0.15) is 36.2 Å². The molecule has 8 heteroatoms. The molecule has 1 amide bonds. The molecule has 1 unspecified atom stereocenters. The molecule has 0 fully saturated rings. The Labute approximate surface area is 177 Å². The molecular weight excluding hydrogens is 402 g/mol. The highest BCUT2D eigenvalue weighted by molar-refractivity contribution is 8.00. The number of benzene rings is 1. The van der Waals surface area contributed by atoms with E-state index in [1.165, 1.54) is 22.2 Å². The number of hydrogen-bond donors (Lipinski definition) is 2. The number of para-hydroxylation sites is 2.